The van der Waals surface area contributed by atoms with Crippen molar-refractivity contribution in [3.8, 4) is 0 Å². The molecule has 1 aliphatic heterocycles. The fourth-order valence-corrected chi connectivity index (χ4v) is 3.40. The highest BCUT2D eigenvalue weighted by Gasteiger charge is 2.39. The first-order valence-corrected chi connectivity index (χ1v) is 8.52. The summed E-state index contributed by atoms with van der Waals surface area (Å²) in [6.07, 6.45) is 6.14. The van der Waals surface area contributed by atoms with Gasteiger partial charge in [-0.3, -0.25) is 14.8 Å². The first-order valence-electron chi connectivity index (χ1n) is 8.52. The Morgan fingerprint density at radius 3 is 2.50 bits per heavy atom. The average molecular weight is 325 g/mol. The van der Waals surface area contributed by atoms with Crippen molar-refractivity contribution in [2.24, 2.45) is 0 Å². The van der Waals surface area contributed by atoms with Gasteiger partial charge in [-0.05, 0) is 37.1 Å². The number of nitrogens with zero attached hydrogens (tertiary/aromatic N) is 3. The quantitative estimate of drug-likeness (QED) is 0.868. The molecule has 3 heterocycles. The maximum absolute atomic E-state index is 15.1. The van der Waals surface area contributed by atoms with Crippen molar-refractivity contribution in [1.82, 2.24) is 14.9 Å². The third-order valence-corrected chi connectivity index (χ3v) is 5.00. The number of hydrogen-bond donors (Lipinski definition) is 0. The molecular formula is C19H20FN3O. The van der Waals surface area contributed by atoms with Crippen LogP contribution in [0.3, 0.4) is 0 Å². The Morgan fingerprint density at radius 2 is 1.83 bits per heavy atom. The number of pyridine rings is 2. The molecular weight excluding hydrogens is 305 g/mol. The van der Waals surface area contributed by atoms with Crippen molar-refractivity contribution in [3.63, 3.8) is 0 Å². The Hall–Kier alpha value is -2.30. The summed E-state index contributed by atoms with van der Waals surface area (Å²) in [5.74, 6) is 0.400. The van der Waals surface area contributed by atoms with Crippen LogP contribution in [0.2, 0.25) is 0 Å². The van der Waals surface area contributed by atoms with Crippen molar-refractivity contribution < 1.29 is 9.18 Å². The molecule has 0 bridgehead atoms. The first kappa shape index (κ1) is 15.2. The molecule has 0 radical (unpaired) electrons. The number of aromatic nitrogens is 2. The maximum Gasteiger partial charge on any atom is 0.255 e. The van der Waals surface area contributed by atoms with Crippen LogP contribution < -0.4 is 0 Å². The Morgan fingerprint density at radius 1 is 1.08 bits per heavy atom. The number of carbonyl (C=O) groups excluding carboxylic acids is 1. The third-order valence-electron chi connectivity index (χ3n) is 5.00. The van der Waals surface area contributed by atoms with Crippen LogP contribution in [0.25, 0.3) is 0 Å². The number of likely N-dealkylation sites (tertiary alicyclic amines) is 1. The second kappa shape index (κ2) is 5.96. The predicted molar refractivity (Wildman–Crippen MR) is 88.4 cm³/mol. The topological polar surface area (TPSA) is 46.1 Å². The van der Waals surface area contributed by atoms with Crippen LogP contribution in [-0.2, 0) is 5.67 Å². The van der Waals surface area contributed by atoms with Crippen molar-refractivity contribution in [2.45, 2.75) is 37.3 Å². The lowest BCUT2D eigenvalue weighted by molar-refractivity contribution is 0.0401. The van der Waals surface area contributed by atoms with E-state index in [1.165, 1.54) is 0 Å². The molecule has 4 rings (SSSR count). The molecule has 0 unspecified atom stereocenters. The zero-order chi connectivity index (χ0) is 16.6. The van der Waals surface area contributed by atoms with E-state index in [9.17, 15) is 4.79 Å². The van der Waals surface area contributed by atoms with E-state index in [1.54, 1.807) is 41.6 Å². The summed E-state index contributed by atoms with van der Waals surface area (Å²) in [5.41, 5.74) is 0.623. The van der Waals surface area contributed by atoms with Gasteiger partial charge in [0.25, 0.3) is 5.91 Å². The summed E-state index contributed by atoms with van der Waals surface area (Å²) < 4.78 is 15.1. The molecule has 2 aromatic rings. The summed E-state index contributed by atoms with van der Waals surface area (Å²) in [4.78, 5) is 23.2. The molecule has 1 saturated heterocycles. The number of amides is 1. The zero-order valence-corrected chi connectivity index (χ0v) is 13.5. The van der Waals surface area contributed by atoms with Crippen LogP contribution in [0, 0.1) is 0 Å². The molecule has 4 nitrogen and oxygen atoms in total. The van der Waals surface area contributed by atoms with Crippen LogP contribution in [0.5, 0.6) is 0 Å². The molecule has 5 heteroatoms. The summed E-state index contributed by atoms with van der Waals surface area (Å²) in [5, 5.41) is 0. The van der Waals surface area contributed by atoms with E-state index < -0.39 is 5.67 Å². The van der Waals surface area contributed by atoms with Crippen molar-refractivity contribution >= 4 is 5.91 Å². The zero-order valence-electron chi connectivity index (χ0n) is 13.5. The normalized spacial score (nSPS) is 20.0. The van der Waals surface area contributed by atoms with Gasteiger partial charge in [0.15, 0.2) is 5.67 Å². The van der Waals surface area contributed by atoms with Gasteiger partial charge in [0.05, 0.1) is 17.0 Å². The molecule has 2 fully saturated rings. The van der Waals surface area contributed by atoms with E-state index in [4.69, 9.17) is 0 Å². The van der Waals surface area contributed by atoms with E-state index in [2.05, 4.69) is 9.97 Å². The molecule has 1 amide bonds. The van der Waals surface area contributed by atoms with Gasteiger partial charge in [-0.25, -0.2) is 4.39 Å². The second-order valence-electron chi connectivity index (χ2n) is 6.68. The third kappa shape index (κ3) is 2.79. The van der Waals surface area contributed by atoms with Gasteiger partial charge in [0, 0.05) is 44.2 Å². The Kier molecular flexibility index (Phi) is 3.79. The number of halogens is 1. The maximum atomic E-state index is 15.1. The van der Waals surface area contributed by atoms with Gasteiger partial charge in [0.2, 0.25) is 0 Å². The fourth-order valence-electron chi connectivity index (χ4n) is 3.40. The number of carbonyl (C=O) groups is 1. The van der Waals surface area contributed by atoms with E-state index in [1.807, 2.05) is 6.07 Å². The van der Waals surface area contributed by atoms with E-state index in [0.717, 1.165) is 18.5 Å². The van der Waals surface area contributed by atoms with E-state index in [0.29, 0.717) is 30.3 Å². The summed E-state index contributed by atoms with van der Waals surface area (Å²) in [6, 6.07) is 8.96. The van der Waals surface area contributed by atoms with Crippen LogP contribution in [0.15, 0.2) is 42.7 Å². The lowest BCUT2D eigenvalue weighted by atomic mass is 9.89. The largest absolute Gasteiger partial charge is 0.338 e. The number of rotatable bonds is 3. The van der Waals surface area contributed by atoms with Gasteiger partial charge in [-0.1, -0.05) is 6.07 Å². The van der Waals surface area contributed by atoms with E-state index in [-0.39, 0.29) is 18.7 Å². The van der Waals surface area contributed by atoms with Gasteiger partial charge in [0.1, 0.15) is 0 Å². The highest BCUT2D eigenvalue weighted by molar-refractivity contribution is 5.95. The average Bonchev–Trinajstić information content (AvgIpc) is 3.48. The Balaban J connectivity index is 1.49. The van der Waals surface area contributed by atoms with Crippen molar-refractivity contribution in [2.75, 3.05) is 13.1 Å². The molecule has 0 aromatic carbocycles. The van der Waals surface area contributed by atoms with Crippen LogP contribution in [-0.4, -0.2) is 33.9 Å². The lowest BCUT2D eigenvalue weighted by Gasteiger charge is -2.36. The van der Waals surface area contributed by atoms with Gasteiger partial charge < -0.3 is 4.90 Å². The van der Waals surface area contributed by atoms with Crippen LogP contribution in [0.4, 0.5) is 4.39 Å². The minimum absolute atomic E-state index is 0.0203. The fraction of sp³-hybridized carbons (Fsp3) is 0.421. The standard InChI is InChI=1S/C19H20FN3O/c20-19(16-5-1-2-10-21-16)8-12-23(13-9-19)18(24)15-4-3-11-22-17(15)14-6-7-14/h1-5,10-11,14H,6-9,12-13H2. The van der Waals surface area contributed by atoms with Gasteiger partial charge in [-0.15, -0.1) is 0 Å². The molecule has 0 spiro atoms. The summed E-state index contributed by atoms with van der Waals surface area (Å²) in [7, 11) is 0. The monoisotopic (exact) mass is 325 g/mol. The molecule has 24 heavy (non-hydrogen) atoms. The minimum Gasteiger partial charge on any atom is -0.338 e. The number of hydrogen-bond acceptors (Lipinski definition) is 3. The SMILES string of the molecule is O=C(c1cccnc1C1CC1)N1CCC(F)(c2ccccn2)CC1. The van der Waals surface area contributed by atoms with Crippen molar-refractivity contribution in [3.05, 3.63) is 59.7 Å². The first-order chi connectivity index (χ1) is 11.7. The Bertz CT molecular complexity index is 737. The highest BCUT2D eigenvalue weighted by Crippen LogP contribution is 2.41. The van der Waals surface area contributed by atoms with Crippen molar-refractivity contribution in [1.29, 1.82) is 0 Å². The van der Waals surface area contributed by atoms with Gasteiger partial charge in [-0.2, -0.15) is 0 Å². The summed E-state index contributed by atoms with van der Waals surface area (Å²) >= 11 is 0. The van der Waals surface area contributed by atoms with Crippen LogP contribution in [0.1, 0.15) is 53.3 Å². The smallest absolute Gasteiger partial charge is 0.255 e. The molecule has 0 N–H and O–H groups in total. The molecule has 0 atom stereocenters. The van der Waals surface area contributed by atoms with E-state index >= 15 is 4.39 Å². The predicted octanol–water partition coefficient (Wildman–Crippen LogP) is 3.46. The highest BCUT2D eigenvalue weighted by atomic mass is 19.1. The second-order valence-corrected chi connectivity index (χ2v) is 6.68. The molecule has 1 saturated carbocycles. The lowest BCUT2D eigenvalue weighted by Crippen LogP contribution is -2.44. The molecule has 2 aliphatic rings. The minimum atomic E-state index is -1.44. The molecule has 2 aromatic heterocycles. The molecule has 1 aliphatic carbocycles. The molecule has 124 valence electrons. The number of alkyl halides is 1. The van der Waals surface area contributed by atoms with Crippen LogP contribution >= 0.6 is 0 Å². The number of piperidine rings is 1. The Labute approximate surface area is 140 Å². The van der Waals surface area contributed by atoms with Gasteiger partial charge >= 0.3 is 0 Å². The summed E-state index contributed by atoms with van der Waals surface area (Å²) in [6.45, 7) is 0.815.